The molecule has 0 bridgehead atoms. The highest BCUT2D eigenvalue weighted by Gasteiger charge is 2.18. The summed E-state index contributed by atoms with van der Waals surface area (Å²) in [4.78, 5) is 24.3. The molecular formula is C48H91NO5. The zero-order valence-electron chi connectivity index (χ0n) is 36.0. The van der Waals surface area contributed by atoms with Crippen molar-refractivity contribution in [2.75, 3.05) is 13.2 Å². The number of rotatable bonds is 43. The van der Waals surface area contributed by atoms with Gasteiger partial charge in [0.2, 0.25) is 5.91 Å². The van der Waals surface area contributed by atoms with Gasteiger partial charge in [0.1, 0.15) is 0 Å². The van der Waals surface area contributed by atoms with Crippen LogP contribution < -0.4 is 5.32 Å². The Morgan fingerprint density at radius 3 is 1.31 bits per heavy atom. The molecule has 318 valence electrons. The van der Waals surface area contributed by atoms with Crippen LogP contribution in [0.2, 0.25) is 0 Å². The minimum absolute atomic E-state index is 0.0339. The van der Waals surface area contributed by atoms with Crippen LogP contribution in [0.4, 0.5) is 0 Å². The molecule has 0 aromatic rings. The quantitative estimate of drug-likeness (QED) is 0.0327. The maximum absolute atomic E-state index is 12.4. The Hall–Kier alpha value is -1.66. The van der Waals surface area contributed by atoms with Crippen molar-refractivity contribution in [1.29, 1.82) is 0 Å². The molecule has 0 rings (SSSR count). The van der Waals surface area contributed by atoms with Gasteiger partial charge in [-0.15, -0.1) is 0 Å². The van der Waals surface area contributed by atoms with E-state index in [9.17, 15) is 19.8 Å². The second kappa shape index (κ2) is 44.1. The minimum atomic E-state index is -0.861. The Morgan fingerprint density at radius 2 is 0.870 bits per heavy atom. The monoisotopic (exact) mass is 762 g/mol. The smallest absolute Gasteiger partial charge is 0.305 e. The van der Waals surface area contributed by atoms with E-state index in [1.54, 1.807) is 6.08 Å². The Bertz CT molecular complexity index is 843. The van der Waals surface area contributed by atoms with E-state index in [-0.39, 0.29) is 18.5 Å². The Labute approximate surface area is 335 Å². The third-order valence-corrected chi connectivity index (χ3v) is 10.7. The maximum atomic E-state index is 12.4. The van der Waals surface area contributed by atoms with Gasteiger partial charge in [0.15, 0.2) is 0 Å². The second-order valence-electron chi connectivity index (χ2n) is 16.1. The molecule has 0 aromatic carbocycles. The summed E-state index contributed by atoms with van der Waals surface area (Å²) >= 11 is 0. The highest BCUT2D eigenvalue weighted by Crippen LogP contribution is 2.15. The zero-order valence-corrected chi connectivity index (χ0v) is 36.0. The molecule has 3 N–H and O–H groups in total. The average Bonchev–Trinajstić information content (AvgIpc) is 3.17. The lowest BCUT2D eigenvalue weighted by molar-refractivity contribution is -0.143. The minimum Gasteiger partial charge on any atom is -0.466 e. The van der Waals surface area contributed by atoms with Gasteiger partial charge in [-0.05, 0) is 57.8 Å². The van der Waals surface area contributed by atoms with Crippen LogP contribution in [0, 0.1) is 0 Å². The predicted octanol–water partition coefficient (Wildman–Crippen LogP) is 13.6. The normalized spacial score (nSPS) is 12.9. The highest BCUT2D eigenvalue weighted by molar-refractivity contribution is 5.76. The fraction of sp³-hybridized carbons (Fsp3) is 0.875. The van der Waals surface area contributed by atoms with Crippen LogP contribution in [0.1, 0.15) is 245 Å². The molecule has 2 unspecified atom stereocenters. The summed E-state index contributed by atoms with van der Waals surface area (Å²) in [5.74, 6) is -0.131. The van der Waals surface area contributed by atoms with Crippen LogP contribution in [0.25, 0.3) is 0 Å². The number of nitrogens with one attached hydrogen (secondary N) is 1. The largest absolute Gasteiger partial charge is 0.466 e. The van der Waals surface area contributed by atoms with Crippen molar-refractivity contribution in [1.82, 2.24) is 5.32 Å². The zero-order chi connectivity index (χ0) is 39.4. The number of carbonyl (C=O) groups excluding carboxylic acids is 2. The van der Waals surface area contributed by atoms with Crippen LogP contribution in [-0.2, 0) is 14.3 Å². The topological polar surface area (TPSA) is 95.9 Å². The van der Waals surface area contributed by atoms with E-state index >= 15 is 0 Å². The molecule has 0 spiro atoms. The number of esters is 1. The number of ether oxygens (including phenoxy) is 1. The summed E-state index contributed by atoms with van der Waals surface area (Å²) in [6.45, 7) is 4.81. The first kappa shape index (κ1) is 52.3. The number of unbranched alkanes of at least 4 members (excludes halogenated alkanes) is 30. The van der Waals surface area contributed by atoms with Crippen LogP contribution in [-0.4, -0.2) is 47.4 Å². The molecule has 6 nitrogen and oxygen atoms in total. The summed E-state index contributed by atoms with van der Waals surface area (Å²) in [5, 5.41) is 23.0. The number of hydrogen-bond donors (Lipinski definition) is 3. The number of hydrogen-bond acceptors (Lipinski definition) is 5. The van der Waals surface area contributed by atoms with Crippen molar-refractivity contribution in [2.24, 2.45) is 0 Å². The van der Waals surface area contributed by atoms with Gasteiger partial charge >= 0.3 is 5.97 Å². The summed E-state index contributed by atoms with van der Waals surface area (Å²) in [5.41, 5.74) is 0. The third-order valence-electron chi connectivity index (χ3n) is 10.7. The molecule has 1 amide bonds. The van der Waals surface area contributed by atoms with Gasteiger partial charge < -0.3 is 20.3 Å². The van der Waals surface area contributed by atoms with Crippen molar-refractivity contribution >= 4 is 11.9 Å². The van der Waals surface area contributed by atoms with E-state index in [1.165, 1.54) is 135 Å². The van der Waals surface area contributed by atoms with E-state index in [0.29, 0.717) is 19.4 Å². The highest BCUT2D eigenvalue weighted by atomic mass is 16.5. The summed E-state index contributed by atoms with van der Waals surface area (Å²) in [7, 11) is 0. The van der Waals surface area contributed by atoms with Crippen LogP contribution >= 0.6 is 0 Å². The van der Waals surface area contributed by atoms with E-state index in [1.807, 2.05) is 6.08 Å². The molecule has 0 aromatic heterocycles. The average molecular weight is 762 g/mol. The first-order valence-electron chi connectivity index (χ1n) is 23.6. The van der Waals surface area contributed by atoms with Gasteiger partial charge in [-0.25, -0.2) is 0 Å². The fourth-order valence-corrected chi connectivity index (χ4v) is 7.04. The molecule has 0 radical (unpaired) electrons. The van der Waals surface area contributed by atoms with Gasteiger partial charge in [0.25, 0.3) is 0 Å². The van der Waals surface area contributed by atoms with Gasteiger partial charge in [0.05, 0.1) is 25.4 Å². The van der Waals surface area contributed by atoms with Gasteiger partial charge in [-0.3, -0.25) is 9.59 Å². The van der Waals surface area contributed by atoms with E-state index in [4.69, 9.17) is 4.74 Å². The summed E-state index contributed by atoms with van der Waals surface area (Å²) in [6, 6.07) is -0.647. The fourth-order valence-electron chi connectivity index (χ4n) is 7.04. The van der Waals surface area contributed by atoms with Crippen molar-refractivity contribution in [3.8, 4) is 0 Å². The molecule has 2 atom stereocenters. The summed E-state index contributed by atoms with van der Waals surface area (Å²) < 4.78 is 5.41. The SMILES string of the molecule is CCCCCCCCCCCCCCC/C=C/C(O)C(CO)NC(=O)CCCCCCC/C=C\CCCCOC(=O)CCCCCCCCCCCCC. The molecule has 54 heavy (non-hydrogen) atoms. The van der Waals surface area contributed by atoms with Crippen molar-refractivity contribution in [2.45, 2.75) is 257 Å². The molecule has 0 fully saturated rings. The molecule has 0 heterocycles. The van der Waals surface area contributed by atoms with Crippen molar-refractivity contribution in [3.63, 3.8) is 0 Å². The van der Waals surface area contributed by atoms with E-state index in [2.05, 4.69) is 31.3 Å². The number of allylic oxidation sites excluding steroid dienone is 3. The molecule has 6 heteroatoms. The Morgan fingerprint density at radius 1 is 0.500 bits per heavy atom. The van der Waals surface area contributed by atoms with E-state index < -0.39 is 12.1 Å². The lowest BCUT2D eigenvalue weighted by Crippen LogP contribution is -2.45. The Kier molecular flexibility index (Phi) is 42.7. The first-order valence-corrected chi connectivity index (χ1v) is 23.6. The van der Waals surface area contributed by atoms with Crippen LogP contribution in [0.15, 0.2) is 24.3 Å². The molecule has 0 aliphatic rings. The predicted molar refractivity (Wildman–Crippen MR) is 232 cm³/mol. The lowest BCUT2D eigenvalue weighted by Gasteiger charge is -2.20. The maximum Gasteiger partial charge on any atom is 0.305 e. The lowest BCUT2D eigenvalue weighted by atomic mass is 10.0. The first-order chi connectivity index (χ1) is 26.5. The number of carbonyl (C=O) groups is 2. The Balaban J connectivity index is 3.58. The number of aliphatic hydroxyl groups excluding tert-OH is 2. The van der Waals surface area contributed by atoms with Gasteiger partial charge in [-0.2, -0.15) is 0 Å². The molecule has 0 saturated heterocycles. The van der Waals surface area contributed by atoms with Crippen LogP contribution in [0.5, 0.6) is 0 Å². The molecular weight excluding hydrogens is 671 g/mol. The second-order valence-corrected chi connectivity index (χ2v) is 16.1. The standard InChI is InChI=1S/C48H91NO5/c1-3-5-7-9-11-13-15-16-17-18-21-24-28-32-36-40-46(51)45(44-50)49-47(52)41-37-33-29-25-22-19-23-27-31-35-39-43-54-48(53)42-38-34-30-26-20-14-12-10-8-6-4-2/h23,27,36,40,45-46,50-51H,3-22,24-26,28-35,37-39,41-44H2,1-2H3,(H,49,52)/b27-23-,40-36+. The van der Waals surface area contributed by atoms with Crippen LogP contribution in [0.3, 0.4) is 0 Å². The van der Waals surface area contributed by atoms with Crippen molar-refractivity contribution < 1.29 is 24.5 Å². The number of aliphatic hydroxyl groups is 2. The summed E-state index contributed by atoms with van der Waals surface area (Å²) in [6.07, 6.45) is 50.2. The number of amides is 1. The molecule has 0 aliphatic heterocycles. The third kappa shape index (κ3) is 40.0. The van der Waals surface area contributed by atoms with Gasteiger partial charge in [-0.1, -0.05) is 199 Å². The van der Waals surface area contributed by atoms with E-state index in [0.717, 1.165) is 83.5 Å². The molecule has 0 aliphatic carbocycles. The van der Waals surface area contributed by atoms with Crippen molar-refractivity contribution in [3.05, 3.63) is 24.3 Å². The van der Waals surface area contributed by atoms with Gasteiger partial charge in [0, 0.05) is 12.8 Å². The molecule has 0 saturated carbocycles.